The molecule has 0 heterocycles. The van der Waals surface area contributed by atoms with Crippen LogP contribution in [0.1, 0.15) is 32.6 Å². The van der Waals surface area contributed by atoms with Crippen molar-refractivity contribution in [1.29, 1.82) is 0 Å². The fourth-order valence-electron chi connectivity index (χ4n) is 1.73. The molecule has 0 aliphatic heterocycles. The minimum absolute atomic E-state index is 0.260. The van der Waals surface area contributed by atoms with Crippen molar-refractivity contribution in [2.24, 2.45) is 11.8 Å². The SMILES string of the molecule is C[C@H]1CCCC(C(F)(F)F)C1. The van der Waals surface area contributed by atoms with Gasteiger partial charge >= 0.3 is 6.18 Å². The van der Waals surface area contributed by atoms with Crippen molar-refractivity contribution in [2.45, 2.75) is 38.8 Å². The first kappa shape index (κ1) is 8.88. The predicted octanol–water partition coefficient (Wildman–Crippen LogP) is 3.38. The van der Waals surface area contributed by atoms with Crippen LogP contribution < -0.4 is 0 Å². The second kappa shape index (κ2) is 3.03. The molecule has 11 heavy (non-hydrogen) atoms. The Morgan fingerprint density at radius 3 is 2.18 bits per heavy atom. The highest BCUT2D eigenvalue weighted by Crippen LogP contribution is 2.39. The molecule has 1 rings (SSSR count). The summed E-state index contributed by atoms with van der Waals surface area (Å²) in [5.41, 5.74) is 0. The molecule has 0 aromatic heterocycles. The van der Waals surface area contributed by atoms with Gasteiger partial charge in [-0.05, 0) is 18.8 Å². The number of rotatable bonds is 0. The molecule has 1 aliphatic carbocycles. The third-order valence-corrected chi connectivity index (χ3v) is 2.40. The molecule has 3 heteroatoms. The van der Waals surface area contributed by atoms with Gasteiger partial charge in [0.05, 0.1) is 5.92 Å². The maximum Gasteiger partial charge on any atom is 0.391 e. The Balaban J connectivity index is 2.46. The molecule has 0 aromatic rings. The Morgan fingerprint density at radius 2 is 1.82 bits per heavy atom. The third-order valence-electron chi connectivity index (χ3n) is 2.40. The van der Waals surface area contributed by atoms with E-state index in [0.717, 1.165) is 12.8 Å². The van der Waals surface area contributed by atoms with Crippen LogP contribution in [0.2, 0.25) is 0 Å². The second-order valence-corrected chi connectivity index (χ2v) is 3.51. The van der Waals surface area contributed by atoms with Crippen molar-refractivity contribution in [1.82, 2.24) is 0 Å². The molecule has 1 aliphatic rings. The zero-order chi connectivity index (χ0) is 8.48. The van der Waals surface area contributed by atoms with E-state index in [4.69, 9.17) is 0 Å². The van der Waals surface area contributed by atoms with Crippen molar-refractivity contribution in [3.63, 3.8) is 0 Å². The van der Waals surface area contributed by atoms with Crippen molar-refractivity contribution >= 4 is 0 Å². The van der Waals surface area contributed by atoms with E-state index in [1.54, 1.807) is 0 Å². The number of hydrogen-bond donors (Lipinski definition) is 0. The summed E-state index contributed by atoms with van der Waals surface area (Å²) in [5, 5.41) is 0. The van der Waals surface area contributed by atoms with Crippen molar-refractivity contribution < 1.29 is 13.2 Å². The van der Waals surface area contributed by atoms with Gasteiger partial charge in [0, 0.05) is 0 Å². The van der Waals surface area contributed by atoms with E-state index in [2.05, 4.69) is 0 Å². The summed E-state index contributed by atoms with van der Waals surface area (Å²) < 4.78 is 36.3. The molecule has 0 spiro atoms. The van der Waals surface area contributed by atoms with Gasteiger partial charge in [0.2, 0.25) is 0 Å². The first-order valence-corrected chi connectivity index (χ1v) is 4.07. The minimum atomic E-state index is -3.95. The lowest BCUT2D eigenvalue weighted by molar-refractivity contribution is -0.185. The molecule has 0 N–H and O–H groups in total. The van der Waals surface area contributed by atoms with Gasteiger partial charge in [-0.1, -0.05) is 19.8 Å². The Labute approximate surface area is 64.8 Å². The first-order chi connectivity index (χ1) is 5.00. The average molecular weight is 166 g/mol. The summed E-state index contributed by atoms with van der Waals surface area (Å²) in [6, 6.07) is 0. The highest BCUT2D eigenvalue weighted by Gasteiger charge is 2.41. The van der Waals surface area contributed by atoms with Crippen molar-refractivity contribution in [2.75, 3.05) is 0 Å². The fraction of sp³-hybridized carbons (Fsp3) is 1.00. The van der Waals surface area contributed by atoms with Crippen LogP contribution in [0.25, 0.3) is 0 Å². The summed E-state index contributed by atoms with van der Waals surface area (Å²) in [4.78, 5) is 0. The average Bonchev–Trinajstić information content (AvgIpc) is 1.86. The summed E-state index contributed by atoms with van der Waals surface area (Å²) in [6.07, 6.45) is -1.57. The molecule has 66 valence electrons. The molecule has 0 bridgehead atoms. The van der Waals surface area contributed by atoms with Crippen LogP contribution in [0.3, 0.4) is 0 Å². The number of alkyl halides is 3. The minimum Gasteiger partial charge on any atom is -0.171 e. The summed E-state index contributed by atoms with van der Waals surface area (Å²) in [7, 11) is 0. The molecule has 0 aromatic carbocycles. The van der Waals surface area contributed by atoms with Crippen molar-refractivity contribution in [3.8, 4) is 0 Å². The standard InChI is InChI=1S/C8H13F3/c1-6-3-2-4-7(5-6)8(9,10)11/h6-7H,2-5H2,1H3/t6-,7?/m0/s1. The van der Waals surface area contributed by atoms with Gasteiger partial charge in [-0.15, -0.1) is 0 Å². The quantitative estimate of drug-likeness (QED) is 0.517. The van der Waals surface area contributed by atoms with Gasteiger partial charge in [-0.3, -0.25) is 0 Å². The first-order valence-electron chi connectivity index (χ1n) is 4.07. The Morgan fingerprint density at radius 1 is 1.18 bits per heavy atom. The molecule has 0 amide bonds. The molecule has 1 unspecified atom stereocenters. The lowest BCUT2D eigenvalue weighted by atomic mass is 9.82. The maximum absolute atomic E-state index is 12.1. The van der Waals surface area contributed by atoms with Crippen LogP contribution in [-0.2, 0) is 0 Å². The summed E-state index contributed by atoms with van der Waals surface area (Å²) >= 11 is 0. The topological polar surface area (TPSA) is 0 Å². The molecule has 1 fully saturated rings. The van der Waals surface area contributed by atoms with Crippen molar-refractivity contribution in [3.05, 3.63) is 0 Å². The van der Waals surface area contributed by atoms with E-state index < -0.39 is 12.1 Å². The fourth-order valence-corrected chi connectivity index (χ4v) is 1.73. The normalized spacial score (nSPS) is 33.8. The Bertz CT molecular complexity index is 128. The van der Waals surface area contributed by atoms with Crippen LogP contribution in [0.15, 0.2) is 0 Å². The number of hydrogen-bond acceptors (Lipinski definition) is 0. The molecule has 0 saturated heterocycles. The van der Waals surface area contributed by atoms with Gasteiger partial charge < -0.3 is 0 Å². The van der Waals surface area contributed by atoms with Gasteiger partial charge in [0.25, 0.3) is 0 Å². The Kier molecular flexibility index (Phi) is 2.45. The smallest absolute Gasteiger partial charge is 0.171 e. The van der Waals surface area contributed by atoms with Crippen LogP contribution in [0.4, 0.5) is 13.2 Å². The van der Waals surface area contributed by atoms with E-state index in [0.29, 0.717) is 12.8 Å². The van der Waals surface area contributed by atoms with E-state index in [-0.39, 0.29) is 5.92 Å². The number of halogens is 3. The van der Waals surface area contributed by atoms with Crippen LogP contribution in [0, 0.1) is 11.8 Å². The Hall–Kier alpha value is -0.210. The van der Waals surface area contributed by atoms with Gasteiger partial charge in [0.1, 0.15) is 0 Å². The predicted molar refractivity (Wildman–Crippen MR) is 37.2 cm³/mol. The van der Waals surface area contributed by atoms with Crippen LogP contribution in [-0.4, -0.2) is 6.18 Å². The molecular formula is C8H13F3. The second-order valence-electron chi connectivity index (χ2n) is 3.51. The van der Waals surface area contributed by atoms with Crippen LogP contribution in [0.5, 0.6) is 0 Å². The molecule has 0 nitrogen and oxygen atoms in total. The van der Waals surface area contributed by atoms with Gasteiger partial charge in [0.15, 0.2) is 0 Å². The molecule has 1 saturated carbocycles. The zero-order valence-corrected chi connectivity index (χ0v) is 6.62. The van der Waals surface area contributed by atoms with Gasteiger partial charge in [-0.25, -0.2) is 0 Å². The molecule has 0 radical (unpaired) electrons. The van der Waals surface area contributed by atoms with E-state index in [1.807, 2.05) is 6.92 Å². The summed E-state index contributed by atoms with van der Waals surface area (Å²) in [6.45, 7) is 1.90. The largest absolute Gasteiger partial charge is 0.391 e. The van der Waals surface area contributed by atoms with Gasteiger partial charge in [-0.2, -0.15) is 13.2 Å². The van der Waals surface area contributed by atoms with E-state index in [9.17, 15) is 13.2 Å². The van der Waals surface area contributed by atoms with E-state index in [1.165, 1.54) is 0 Å². The van der Waals surface area contributed by atoms with E-state index >= 15 is 0 Å². The lowest BCUT2D eigenvalue weighted by Crippen LogP contribution is -2.27. The van der Waals surface area contributed by atoms with Crippen LogP contribution >= 0.6 is 0 Å². The highest BCUT2D eigenvalue weighted by atomic mass is 19.4. The molecule has 2 atom stereocenters. The molecular weight excluding hydrogens is 153 g/mol. The third kappa shape index (κ3) is 2.38. The lowest BCUT2D eigenvalue weighted by Gasteiger charge is -2.28. The zero-order valence-electron chi connectivity index (χ0n) is 6.62. The highest BCUT2D eigenvalue weighted by molar-refractivity contribution is 4.75. The maximum atomic E-state index is 12.1. The summed E-state index contributed by atoms with van der Waals surface area (Å²) in [5.74, 6) is -0.762. The monoisotopic (exact) mass is 166 g/mol.